The molecule has 1 atom stereocenters. The number of aromatic nitrogens is 3. The van der Waals surface area contributed by atoms with Crippen molar-refractivity contribution in [2.45, 2.75) is 32.2 Å². The van der Waals surface area contributed by atoms with Crippen LogP contribution in [0.2, 0.25) is 0 Å². The largest absolute Gasteiger partial charge is 0.396 e. The molecule has 0 aliphatic carbocycles. The molecule has 7 heteroatoms. The third-order valence-corrected chi connectivity index (χ3v) is 2.94. The normalized spacial score (nSPS) is 12.1. The molecule has 0 spiro atoms. The number of nitrogens with zero attached hydrogens (tertiary/aromatic N) is 3. The maximum atomic E-state index is 11.7. The second-order valence-electron chi connectivity index (χ2n) is 4.73. The molecule has 7 nitrogen and oxygen atoms in total. The molecular formula is C14H18N4O3. The van der Waals surface area contributed by atoms with Crippen molar-refractivity contribution in [2.24, 2.45) is 0 Å². The minimum atomic E-state index is -0.0976. The summed E-state index contributed by atoms with van der Waals surface area (Å²) < 4.78 is 5.12. The zero-order valence-corrected chi connectivity index (χ0v) is 11.8. The molecule has 0 aromatic carbocycles. The molecule has 0 fully saturated rings. The van der Waals surface area contributed by atoms with Gasteiger partial charge in [0, 0.05) is 43.4 Å². The number of amides is 1. The molecule has 1 unspecified atom stereocenters. The van der Waals surface area contributed by atoms with Crippen molar-refractivity contribution in [3.05, 3.63) is 30.4 Å². The molecule has 0 bridgehead atoms. The molecule has 2 aromatic heterocycles. The standard InChI is InChI=1S/C14H18N4O3/c1-10(6-9-19)16-12(20)2-3-13-17-14(18-21-13)11-4-7-15-8-5-11/h4-5,7-8,10,19H,2-3,6,9H2,1H3,(H,16,20). The van der Waals surface area contributed by atoms with Crippen molar-refractivity contribution in [1.29, 1.82) is 0 Å². The average Bonchev–Trinajstić information content (AvgIpc) is 2.95. The molecule has 0 aliphatic heterocycles. The molecule has 1 amide bonds. The zero-order valence-electron chi connectivity index (χ0n) is 11.8. The molecule has 2 rings (SSSR count). The van der Waals surface area contributed by atoms with Gasteiger partial charge in [0.15, 0.2) is 0 Å². The Bertz CT molecular complexity index is 571. The van der Waals surface area contributed by atoms with Crippen molar-refractivity contribution in [3.63, 3.8) is 0 Å². The van der Waals surface area contributed by atoms with Gasteiger partial charge in [-0.1, -0.05) is 5.16 Å². The molecule has 2 aromatic rings. The van der Waals surface area contributed by atoms with Crippen LogP contribution in [-0.4, -0.2) is 38.8 Å². The Balaban J connectivity index is 1.84. The van der Waals surface area contributed by atoms with Crippen molar-refractivity contribution in [2.75, 3.05) is 6.61 Å². The van der Waals surface area contributed by atoms with Crippen LogP contribution in [0.3, 0.4) is 0 Å². The lowest BCUT2D eigenvalue weighted by Crippen LogP contribution is -2.33. The van der Waals surface area contributed by atoms with Crippen LogP contribution in [0.25, 0.3) is 11.4 Å². The highest BCUT2D eigenvalue weighted by atomic mass is 16.5. The van der Waals surface area contributed by atoms with Crippen molar-refractivity contribution in [3.8, 4) is 11.4 Å². The van der Waals surface area contributed by atoms with E-state index in [9.17, 15) is 4.79 Å². The van der Waals surface area contributed by atoms with Crippen LogP contribution in [0.4, 0.5) is 0 Å². The fourth-order valence-corrected chi connectivity index (χ4v) is 1.81. The summed E-state index contributed by atoms with van der Waals surface area (Å²) in [6.07, 6.45) is 4.50. The summed E-state index contributed by atoms with van der Waals surface area (Å²) in [5, 5.41) is 15.4. The maximum absolute atomic E-state index is 11.7. The predicted octanol–water partition coefficient (Wildman–Crippen LogP) is 0.951. The number of aryl methyl sites for hydroxylation is 1. The first-order valence-electron chi connectivity index (χ1n) is 6.82. The number of aliphatic hydroxyl groups excluding tert-OH is 1. The van der Waals surface area contributed by atoms with E-state index < -0.39 is 0 Å². The average molecular weight is 290 g/mol. The fourth-order valence-electron chi connectivity index (χ4n) is 1.81. The summed E-state index contributed by atoms with van der Waals surface area (Å²) in [4.78, 5) is 19.9. The van der Waals surface area contributed by atoms with Crippen LogP contribution >= 0.6 is 0 Å². The monoisotopic (exact) mass is 290 g/mol. The van der Waals surface area contributed by atoms with Gasteiger partial charge in [-0.05, 0) is 25.5 Å². The molecule has 0 radical (unpaired) electrons. The molecule has 112 valence electrons. The highest BCUT2D eigenvalue weighted by Crippen LogP contribution is 2.14. The predicted molar refractivity (Wildman–Crippen MR) is 75.2 cm³/mol. The number of carbonyl (C=O) groups excluding carboxylic acids is 1. The number of rotatable bonds is 7. The Hall–Kier alpha value is -2.28. The Morgan fingerprint density at radius 2 is 2.19 bits per heavy atom. The molecule has 2 N–H and O–H groups in total. The summed E-state index contributed by atoms with van der Waals surface area (Å²) in [5.74, 6) is 0.813. The van der Waals surface area contributed by atoms with Crippen molar-refractivity contribution in [1.82, 2.24) is 20.4 Å². The first-order valence-corrected chi connectivity index (χ1v) is 6.82. The van der Waals surface area contributed by atoms with E-state index in [1.165, 1.54) is 0 Å². The molecule has 2 heterocycles. The van der Waals surface area contributed by atoms with Gasteiger partial charge in [-0.2, -0.15) is 4.98 Å². The molecule has 0 saturated carbocycles. The van der Waals surface area contributed by atoms with E-state index >= 15 is 0 Å². The summed E-state index contributed by atoms with van der Waals surface area (Å²) >= 11 is 0. The van der Waals surface area contributed by atoms with E-state index in [4.69, 9.17) is 9.63 Å². The molecule has 0 saturated heterocycles. The topological polar surface area (TPSA) is 101 Å². The van der Waals surface area contributed by atoms with E-state index in [0.717, 1.165) is 5.56 Å². The van der Waals surface area contributed by atoms with Crippen LogP contribution in [0.5, 0.6) is 0 Å². The van der Waals surface area contributed by atoms with Gasteiger partial charge in [0.2, 0.25) is 17.6 Å². The van der Waals surface area contributed by atoms with Gasteiger partial charge in [0.1, 0.15) is 0 Å². The van der Waals surface area contributed by atoms with Crippen LogP contribution < -0.4 is 5.32 Å². The van der Waals surface area contributed by atoms with Gasteiger partial charge in [-0.25, -0.2) is 0 Å². The van der Waals surface area contributed by atoms with E-state index in [1.807, 2.05) is 6.92 Å². The number of nitrogens with one attached hydrogen (secondary N) is 1. The van der Waals surface area contributed by atoms with Crippen LogP contribution in [-0.2, 0) is 11.2 Å². The SMILES string of the molecule is CC(CCO)NC(=O)CCc1nc(-c2ccncc2)no1. The van der Waals surface area contributed by atoms with Gasteiger partial charge in [0.25, 0.3) is 0 Å². The van der Waals surface area contributed by atoms with Gasteiger partial charge in [-0.15, -0.1) is 0 Å². The highest BCUT2D eigenvalue weighted by Gasteiger charge is 2.11. The van der Waals surface area contributed by atoms with Gasteiger partial charge in [0.05, 0.1) is 0 Å². The lowest BCUT2D eigenvalue weighted by atomic mass is 10.2. The minimum Gasteiger partial charge on any atom is -0.396 e. The van der Waals surface area contributed by atoms with E-state index in [1.54, 1.807) is 24.5 Å². The third-order valence-electron chi connectivity index (χ3n) is 2.94. The number of hydrogen-bond acceptors (Lipinski definition) is 6. The summed E-state index contributed by atoms with van der Waals surface area (Å²) in [7, 11) is 0. The number of hydrogen-bond donors (Lipinski definition) is 2. The van der Waals surface area contributed by atoms with E-state index in [0.29, 0.717) is 24.6 Å². The molecule has 0 aliphatic rings. The number of aliphatic hydroxyl groups is 1. The first kappa shape index (κ1) is 15.1. The van der Waals surface area contributed by atoms with Crippen molar-refractivity contribution >= 4 is 5.91 Å². The quantitative estimate of drug-likeness (QED) is 0.787. The van der Waals surface area contributed by atoms with Crippen LogP contribution in [0, 0.1) is 0 Å². The zero-order chi connectivity index (χ0) is 15.1. The Morgan fingerprint density at radius 3 is 2.90 bits per heavy atom. The van der Waals surface area contributed by atoms with E-state index in [-0.39, 0.29) is 25.0 Å². The Kier molecular flexibility index (Phi) is 5.39. The fraction of sp³-hybridized carbons (Fsp3) is 0.429. The van der Waals surface area contributed by atoms with Crippen LogP contribution in [0.1, 0.15) is 25.7 Å². The smallest absolute Gasteiger partial charge is 0.227 e. The molecule has 21 heavy (non-hydrogen) atoms. The van der Waals surface area contributed by atoms with E-state index in [2.05, 4.69) is 20.4 Å². The second-order valence-corrected chi connectivity index (χ2v) is 4.73. The van der Waals surface area contributed by atoms with Gasteiger partial charge in [-0.3, -0.25) is 9.78 Å². The Labute approximate surface area is 122 Å². The number of carbonyl (C=O) groups is 1. The lowest BCUT2D eigenvalue weighted by Gasteiger charge is -2.11. The first-order chi connectivity index (χ1) is 10.2. The van der Waals surface area contributed by atoms with Crippen molar-refractivity contribution < 1.29 is 14.4 Å². The summed E-state index contributed by atoms with van der Waals surface area (Å²) in [5.41, 5.74) is 0.820. The van der Waals surface area contributed by atoms with Gasteiger partial charge >= 0.3 is 0 Å². The lowest BCUT2D eigenvalue weighted by molar-refractivity contribution is -0.121. The van der Waals surface area contributed by atoms with Gasteiger partial charge < -0.3 is 14.9 Å². The highest BCUT2D eigenvalue weighted by molar-refractivity contribution is 5.76. The minimum absolute atomic E-state index is 0.0439. The molecular weight excluding hydrogens is 272 g/mol. The summed E-state index contributed by atoms with van der Waals surface area (Å²) in [6, 6.07) is 3.54. The summed E-state index contributed by atoms with van der Waals surface area (Å²) in [6.45, 7) is 1.91. The Morgan fingerprint density at radius 1 is 1.43 bits per heavy atom. The third kappa shape index (κ3) is 4.64. The van der Waals surface area contributed by atoms with Crippen LogP contribution in [0.15, 0.2) is 29.0 Å². The maximum Gasteiger partial charge on any atom is 0.227 e. The number of pyridine rings is 1. The second kappa shape index (κ2) is 7.49.